The minimum absolute atomic E-state index is 0.0367. The van der Waals surface area contributed by atoms with Gasteiger partial charge in [0.1, 0.15) is 0 Å². The van der Waals surface area contributed by atoms with Crippen LogP contribution in [0.15, 0.2) is 24.3 Å². The highest BCUT2D eigenvalue weighted by molar-refractivity contribution is 5.89. The number of nitrogens with one attached hydrogen (secondary N) is 3. The van der Waals surface area contributed by atoms with Crippen molar-refractivity contribution in [1.29, 1.82) is 0 Å². The summed E-state index contributed by atoms with van der Waals surface area (Å²) >= 11 is 0. The third-order valence-corrected chi connectivity index (χ3v) is 4.20. The molecule has 0 unspecified atom stereocenters. The Kier molecular flexibility index (Phi) is 7.37. The molecule has 0 aliphatic carbocycles. The van der Waals surface area contributed by atoms with Crippen molar-refractivity contribution in [2.45, 2.75) is 26.7 Å². The summed E-state index contributed by atoms with van der Waals surface area (Å²) < 4.78 is 0. The average molecular weight is 347 g/mol. The lowest BCUT2D eigenvalue weighted by molar-refractivity contribution is 0.194. The average Bonchev–Trinajstić information content (AvgIpc) is 2.63. The van der Waals surface area contributed by atoms with Crippen LogP contribution in [0.5, 0.6) is 0 Å². The predicted molar refractivity (Wildman–Crippen MR) is 101 cm³/mol. The Morgan fingerprint density at radius 1 is 1.00 bits per heavy atom. The summed E-state index contributed by atoms with van der Waals surface area (Å²) in [5.41, 5.74) is 1.87. The number of rotatable bonds is 6. The van der Waals surface area contributed by atoms with E-state index in [4.69, 9.17) is 0 Å². The molecular formula is C18H29N5O2. The smallest absolute Gasteiger partial charge is 0.319 e. The van der Waals surface area contributed by atoms with E-state index in [9.17, 15) is 9.59 Å². The van der Waals surface area contributed by atoms with E-state index in [0.717, 1.165) is 56.9 Å². The van der Waals surface area contributed by atoms with Crippen molar-refractivity contribution in [1.82, 2.24) is 15.5 Å². The van der Waals surface area contributed by atoms with Gasteiger partial charge in [-0.15, -0.1) is 0 Å². The van der Waals surface area contributed by atoms with E-state index in [2.05, 4.69) is 27.8 Å². The number of carbonyl (C=O) groups is 2. The fourth-order valence-electron chi connectivity index (χ4n) is 2.74. The van der Waals surface area contributed by atoms with Gasteiger partial charge < -0.3 is 25.8 Å². The quantitative estimate of drug-likeness (QED) is 0.692. The van der Waals surface area contributed by atoms with Gasteiger partial charge in [0.2, 0.25) is 0 Å². The lowest BCUT2D eigenvalue weighted by Gasteiger charge is -2.36. The molecule has 1 aliphatic heterocycles. The number of nitrogens with zero attached hydrogens (tertiary/aromatic N) is 2. The molecule has 4 amide bonds. The largest absolute Gasteiger partial charge is 0.368 e. The number of hydrogen-bond acceptors (Lipinski definition) is 3. The van der Waals surface area contributed by atoms with E-state index >= 15 is 0 Å². The van der Waals surface area contributed by atoms with Crippen LogP contribution in [-0.4, -0.2) is 56.2 Å². The number of anilines is 2. The topological polar surface area (TPSA) is 76.7 Å². The molecule has 1 heterocycles. The Morgan fingerprint density at radius 2 is 1.68 bits per heavy atom. The molecule has 0 saturated carbocycles. The summed E-state index contributed by atoms with van der Waals surface area (Å²) in [5, 5.41) is 8.46. The molecule has 1 saturated heterocycles. The first kappa shape index (κ1) is 18.9. The van der Waals surface area contributed by atoms with E-state index < -0.39 is 0 Å². The molecule has 1 aromatic carbocycles. The molecular weight excluding hydrogens is 318 g/mol. The van der Waals surface area contributed by atoms with Gasteiger partial charge in [0.15, 0.2) is 0 Å². The maximum atomic E-state index is 12.1. The Balaban J connectivity index is 1.80. The van der Waals surface area contributed by atoms with Crippen molar-refractivity contribution >= 4 is 23.4 Å². The highest BCUT2D eigenvalue weighted by Crippen LogP contribution is 2.19. The van der Waals surface area contributed by atoms with Gasteiger partial charge in [-0.3, -0.25) is 0 Å². The molecule has 25 heavy (non-hydrogen) atoms. The van der Waals surface area contributed by atoms with Gasteiger partial charge >= 0.3 is 12.1 Å². The van der Waals surface area contributed by atoms with Crippen LogP contribution >= 0.6 is 0 Å². The van der Waals surface area contributed by atoms with Gasteiger partial charge in [0.05, 0.1) is 0 Å². The van der Waals surface area contributed by atoms with Gasteiger partial charge in [-0.2, -0.15) is 0 Å². The lowest BCUT2D eigenvalue weighted by atomic mass is 10.2. The standard InChI is InChI=1S/C18H29N5O2/c1-3-5-10-20-18(25)23-13-11-22(12-14-23)16-8-6-15(7-9-16)21-17(24)19-4-2/h6-9H,3-5,10-14H2,1-2H3,(H,20,25)(H2,19,21,24). The van der Waals surface area contributed by atoms with E-state index in [1.807, 2.05) is 36.1 Å². The molecule has 0 radical (unpaired) electrons. The zero-order valence-corrected chi connectivity index (χ0v) is 15.2. The van der Waals surface area contributed by atoms with Crippen molar-refractivity contribution in [3.05, 3.63) is 24.3 Å². The molecule has 2 rings (SSSR count). The molecule has 138 valence electrons. The molecule has 7 nitrogen and oxygen atoms in total. The van der Waals surface area contributed by atoms with Crippen molar-refractivity contribution in [2.75, 3.05) is 49.5 Å². The summed E-state index contributed by atoms with van der Waals surface area (Å²) in [4.78, 5) is 27.7. The lowest BCUT2D eigenvalue weighted by Crippen LogP contribution is -2.52. The summed E-state index contributed by atoms with van der Waals surface area (Å²) in [6.45, 7) is 8.40. The van der Waals surface area contributed by atoms with Crippen LogP contribution in [0, 0.1) is 0 Å². The van der Waals surface area contributed by atoms with Crippen LogP contribution in [0.25, 0.3) is 0 Å². The Morgan fingerprint density at radius 3 is 2.28 bits per heavy atom. The summed E-state index contributed by atoms with van der Waals surface area (Å²) in [7, 11) is 0. The summed E-state index contributed by atoms with van der Waals surface area (Å²) in [6.07, 6.45) is 2.10. The van der Waals surface area contributed by atoms with Crippen LogP contribution in [0.3, 0.4) is 0 Å². The first-order valence-corrected chi connectivity index (χ1v) is 9.06. The van der Waals surface area contributed by atoms with Gasteiger partial charge in [-0.25, -0.2) is 9.59 Å². The van der Waals surface area contributed by atoms with Crippen LogP contribution in [0.4, 0.5) is 21.0 Å². The predicted octanol–water partition coefficient (Wildman–Crippen LogP) is 2.46. The normalized spacial score (nSPS) is 14.2. The third-order valence-electron chi connectivity index (χ3n) is 4.20. The molecule has 0 atom stereocenters. The molecule has 3 N–H and O–H groups in total. The Labute approximate surface area is 149 Å². The van der Waals surface area contributed by atoms with E-state index in [1.54, 1.807) is 0 Å². The van der Waals surface area contributed by atoms with Crippen molar-refractivity contribution < 1.29 is 9.59 Å². The first-order chi connectivity index (χ1) is 12.1. The molecule has 0 aromatic heterocycles. The van der Waals surface area contributed by atoms with E-state index in [0.29, 0.717) is 6.54 Å². The molecule has 1 aliphatic rings. The zero-order valence-electron chi connectivity index (χ0n) is 15.2. The van der Waals surface area contributed by atoms with Gasteiger partial charge in [-0.1, -0.05) is 13.3 Å². The molecule has 0 bridgehead atoms. The molecule has 0 spiro atoms. The Bertz CT molecular complexity index is 553. The summed E-state index contributed by atoms with van der Waals surface area (Å²) in [5.74, 6) is 0. The maximum absolute atomic E-state index is 12.1. The number of carbonyl (C=O) groups excluding carboxylic acids is 2. The fraction of sp³-hybridized carbons (Fsp3) is 0.556. The molecule has 7 heteroatoms. The number of piperazine rings is 1. The highest BCUT2D eigenvalue weighted by Gasteiger charge is 2.20. The first-order valence-electron chi connectivity index (χ1n) is 9.06. The zero-order chi connectivity index (χ0) is 18.1. The minimum atomic E-state index is -0.196. The van der Waals surface area contributed by atoms with Gasteiger partial charge in [0.25, 0.3) is 0 Å². The fourth-order valence-corrected chi connectivity index (χ4v) is 2.74. The highest BCUT2D eigenvalue weighted by atomic mass is 16.2. The molecule has 1 aromatic rings. The Hall–Kier alpha value is -2.44. The second-order valence-electron chi connectivity index (χ2n) is 6.09. The number of unbranched alkanes of at least 4 members (excludes halogenated alkanes) is 1. The summed E-state index contributed by atoms with van der Waals surface area (Å²) in [6, 6.07) is 7.63. The second kappa shape index (κ2) is 9.76. The second-order valence-corrected chi connectivity index (χ2v) is 6.09. The van der Waals surface area contributed by atoms with Crippen molar-refractivity contribution in [3.8, 4) is 0 Å². The van der Waals surface area contributed by atoms with Gasteiger partial charge in [-0.05, 0) is 37.6 Å². The van der Waals surface area contributed by atoms with Crippen LogP contribution in [-0.2, 0) is 0 Å². The maximum Gasteiger partial charge on any atom is 0.319 e. The van der Waals surface area contributed by atoms with Crippen LogP contribution < -0.4 is 20.9 Å². The molecule has 1 fully saturated rings. The van der Waals surface area contributed by atoms with Crippen LogP contribution in [0.2, 0.25) is 0 Å². The number of urea groups is 2. The van der Waals surface area contributed by atoms with Crippen molar-refractivity contribution in [2.24, 2.45) is 0 Å². The van der Waals surface area contributed by atoms with E-state index in [-0.39, 0.29) is 12.1 Å². The van der Waals surface area contributed by atoms with Crippen LogP contribution in [0.1, 0.15) is 26.7 Å². The number of benzene rings is 1. The third kappa shape index (κ3) is 5.85. The van der Waals surface area contributed by atoms with E-state index in [1.165, 1.54) is 0 Å². The number of hydrogen-bond donors (Lipinski definition) is 3. The monoisotopic (exact) mass is 347 g/mol. The van der Waals surface area contributed by atoms with Gasteiger partial charge in [0, 0.05) is 50.6 Å². The minimum Gasteiger partial charge on any atom is -0.368 e. The van der Waals surface area contributed by atoms with Crippen molar-refractivity contribution in [3.63, 3.8) is 0 Å². The number of amides is 4. The SMILES string of the molecule is CCCCNC(=O)N1CCN(c2ccc(NC(=O)NCC)cc2)CC1.